The Kier molecular flexibility index (Phi) is 3.23. The first kappa shape index (κ1) is 9.20. The molecule has 0 saturated heterocycles. The molecule has 1 aromatic heterocycles. The summed E-state index contributed by atoms with van der Waals surface area (Å²) in [5.74, 6) is 0.183. The van der Waals surface area contributed by atoms with Crippen LogP contribution in [-0.4, -0.2) is 5.78 Å². The van der Waals surface area contributed by atoms with Gasteiger partial charge < -0.3 is 0 Å². The molecule has 1 nitrogen and oxygen atoms in total. The van der Waals surface area contributed by atoms with E-state index in [4.69, 9.17) is 0 Å². The molecule has 1 heterocycles. The van der Waals surface area contributed by atoms with E-state index in [1.807, 2.05) is 23.8 Å². The van der Waals surface area contributed by atoms with Crippen LogP contribution >= 0.6 is 11.3 Å². The van der Waals surface area contributed by atoms with Gasteiger partial charge in [0.15, 0.2) is 5.78 Å². The minimum atomic E-state index is 0.183. The lowest BCUT2D eigenvalue weighted by molar-refractivity contribution is 0.0993. The molecule has 0 aliphatic heterocycles. The van der Waals surface area contributed by atoms with Gasteiger partial charge in [-0.1, -0.05) is 19.1 Å². The van der Waals surface area contributed by atoms with Gasteiger partial charge in [0.1, 0.15) is 0 Å². The molecule has 0 bridgehead atoms. The normalized spacial score (nSPS) is 9.75. The zero-order valence-electron chi connectivity index (χ0n) is 7.17. The molecule has 12 heavy (non-hydrogen) atoms. The monoisotopic (exact) mass is 180 g/mol. The zero-order valence-corrected chi connectivity index (χ0v) is 7.99. The molecule has 0 saturated carbocycles. The van der Waals surface area contributed by atoms with Crippen LogP contribution in [0.3, 0.4) is 0 Å². The fourth-order valence-corrected chi connectivity index (χ4v) is 1.54. The maximum absolute atomic E-state index is 11.4. The average Bonchev–Trinajstić information content (AvgIpc) is 2.56. The van der Waals surface area contributed by atoms with Crippen molar-refractivity contribution in [3.63, 3.8) is 0 Å². The average molecular weight is 180 g/mol. The number of allylic oxidation sites excluding steroid dienone is 1. The Labute approximate surface area is 76.7 Å². The third-order valence-corrected chi connectivity index (χ3v) is 2.44. The van der Waals surface area contributed by atoms with E-state index in [1.165, 1.54) is 0 Å². The van der Waals surface area contributed by atoms with E-state index in [9.17, 15) is 4.79 Å². The molecule has 0 N–H and O–H groups in total. The summed E-state index contributed by atoms with van der Waals surface area (Å²) < 4.78 is 0. The highest BCUT2D eigenvalue weighted by atomic mass is 32.1. The highest BCUT2D eigenvalue weighted by Gasteiger charge is 2.06. The van der Waals surface area contributed by atoms with E-state index in [2.05, 4.69) is 6.58 Å². The third kappa shape index (κ3) is 2.31. The minimum absolute atomic E-state index is 0.183. The van der Waals surface area contributed by atoms with E-state index >= 15 is 0 Å². The molecule has 0 unspecified atom stereocenters. The number of carbonyl (C=O) groups is 1. The first-order valence-corrected chi connectivity index (χ1v) is 4.90. The smallest absolute Gasteiger partial charge is 0.167 e. The zero-order chi connectivity index (χ0) is 8.97. The summed E-state index contributed by atoms with van der Waals surface area (Å²) in [6.45, 7) is 5.82. The Morgan fingerprint density at radius 3 is 2.92 bits per heavy atom. The second-order valence-electron chi connectivity index (χ2n) is 2.72. The van der Waals surface area contributed by atoms with Crippen LogP contribution in [0.4, 0.5) is 0 Å². The van der Waals surface area contributed by atoms with E-state index in [0.717, 1.165) is 17.6 Å². The second-order valence-corrected chi connectivity index (χ2v) is 3.50. The van der Waals surface area contributed by atoms with Crippen molar-refractivity contribution in [3.8, 4) is 0 Å². The first-order valence-electron chi connectivity index (χ1n) is 3.96. The summed E-state index contributed by atoms with van der Waals surface area (Å²) in [7, 11) is 0. The predicted molar refractivity (Wildman–Crippen MR) is 52.7 cm³/mol. The van der Waals surface area contributed by atoms with Gasteiger partial charge >= 0.3 is 0 Å². The summed E-state index contributed by atoms with van der Waals surface area (Å²) in [6.07, 6.45) is 1.38. The molecule has 0 atom stereocenters. The number of hydrogen-bond donors (Lipinski definition) is 0. The van der Waals surface area contributed by atoms with Crippen molar-refractivity contribution in [2.75, 3.05) is 0 Å². The number of carbonyl (C=O) groups excluding carboxylic acids is 1. The molecule has 0 aliphatic rings. The Morgan fingerprint density at radius 1 is 1.67 bits per heavy atom. The van der Waals surface area contributed by atoms with Gasteiger partial charge in [-0.3, -0.25) is 4.79 Å². The standard InChI is InChI=1S/C10H12OS/c1-3-8(2)6-10(11)9-4-5-12-7-9/h4-5,7H,2-3,6H2,1H3. The summed E-state index contributed by atoms with van der Waals surface area (Å²) in [5, 5.41) is 3.80. The van der Waals surface area contributed by atoms with Crippen molar-refractivity contribution in [2.24, 2.45) is 0 Å². The molecule has 0 amide bonds. The van der Waals surface area contributed by atoms with Gasteiger partial charge in [0.05, 0.1) is 0 Å². The van der Waals surface area contributed by atoms with E-state index in [0.29, 0.717) is 6.42 Å². The van der Waals surface area contributed by atoms with Crippen LogP contribution in [0, 0.1) is 0 Å². The number of ketones is 1. The van der Waals surface area contributed by atoms with Crippen LogP contribution in [-0.2, 0) is 0 Å². The number of hydrogen-bond acceptors (Lipinski definition) is 2. The van der Waals surface area contributed by atoms with Crippen LogP contribution in [0.25, 0.3) is 0 Å². The quantitative estimate of drug-likeness (QED) is 0.513. The molecule has 2 heteroatoms. The van der Waals surface area contributed by atoms with Gasteiger partial charge in [0.2, 0.25) is 0 Å². The number of thiophene rings is 1. The lowest BCUT2D eigenvalue weighted by Crippen LogP contribution is -1.97. The van der Waals surface area contributed by atoms with E-state index in [-0.39, 0.29) is 5.78 Å². The van der Waals surface area contributed by atoms with Crippen molar-refractivity contribution in [1.82, 2.24) is 0 Å². The van der Waals surface area contributed by atoms with Gasteiger partial charge in [0.25, 0.3) is 0 Å². The number of Topliss-reactive ketones (excluding diaryl/α,β-unsaturated/α-hetero) is 1. The molecule has 0 aromatic carbocycles. The largest absolute Gasteiger partial charge is 0.294 e. The van der Waals surface area contributed by atoms with Gasteiger partial charge in [-0.05, 0) is 17.9 Å². The van der Waals surface area contributed by atoms with Crippen LogP contribution in [0.2, 0.25) is 0 Å². The molecule has 1 aromatic rings. The Bertz CT molecular complexity index is 272. The second kappa shape index (κ2) is 4.21. The fraction of sp³-hybridized carbons (Fsp3) is 0.300. The van der Waals surface area contributed by atoms with Gasteiger partial charge in [-0.25, -0.2) is 0 Å². The molecule has 1 rings (SSSR count). The highest BCUT2D eigenvalue weighted by Crippen LogP contribution is 2.12. The van der Waals surface area contributed by atoms with Crippen molar-refractivity contribution >= 4 is 17.1 Å². The number of rotatable bonds is 4. The maximum Gasteiger partial charge on any atom is 0.167 e. The molecule has 0 aliphatic carbocycles. The lowest BCUT2D eigenvalue weighted by Gasteiger charge is -1.98. The molecule has 64 valence electrons. The third-order valence-electron chi connectivity index (χ3n) is 1.75. The molecule has 0 spiro atoms. The Morgan fingerprint density at radius 2 is 2.42 bits per heavy atom. The summed E-state index contributed by atoms with van der Waals surface area (Å²) in [4.78, 5) is 11.4. The minimum Gasteiger partial charge on any atom is -0.294 e. The van der Waals surface area contributed by atoms with E-state index < -0.39 is 0 Å². The summed E-state index contributed by atoms with van der Waals surface area (Å²) in [5.41, 5.74) is 1.82. The summed E-state index contributed by atoms with van der Waals surface area (Å²) >= 11 is 1.55. The van der Waals surface area contributed by atoms with E-state index in [1.54, 1.807) is 11.3 Å². The summed E-state index contributed by atoms with van der Waals surface area (Å²) in [6, 6.07) is 1.86. The Hall–Kier alpha value is -0.890. The molecular formula is C10H12OS. The van der Waals surface area contributed by atoms with Gasteiger partial charge in [0, 0.05) is 17.4 Å². The lowest BCUT2D eigenvalue weighted by atomic mass is 10.1. The highest BCUT2D eigenvalue weighted by molar-refractivity contribution is 7.08. The van der Waals surface area contributed by atoms with Crippen molar-refractivity contribution in [1.29, 1.82) is 0 Å². The Balaban J connectivity index is 2.56. The predicted octanol–water partition coefficient (Wildman–Crippen LogP) is 3.29. The van der Waals surface area contributed by atoms with Crippen LogP contribution in [0.5, 0.6) is 0 Å². The SMILES string of the molecule is C=C(CC)CC(=O)c1ccsc1. The van der Waals surface area contributed by atoms with Crippen molar-refractivity contribution in [3.05, 3.63) is 34.5 Å². The van der Waals surface area contributed by atoms with Crippen LogP contribution in [0.1, 0.15) is 30.1 Å². The van der Waals surface area contributed by atoms with Crippen LogP contribution in [0.15, 0.2) is 29.0 Å². The molecule has 0 radical (unpaired) electrons. The topological polar surface area (TPSA) is 17.1 Å². The molecular weight excluding hydrogens is 168 g/mol. The van der Waals surface area contributed by atoms with Crippen molar-refractivity contribution < 1.29 is 4.79 Å². The van der Waals surface area contributed by atoms with Gasteiger partial charge in [-0.2, -0.15) is 11.3 Å². The van der Waals surface area contributed by atoms with Gasteiger partial charge in [-0.15, -0.1) is 0 Å². The van der Waals surface area contributed by atoms with Crippen molar-refractivity contribution in [2.45, 2.75) is 19.8 Å². The molecule has 0 fully saturated rings. The maximum atomic E-state index is 11.4. The van der Waals surface area contributed by atoms with Crippen LogP contribution < -0.4 is 0 Å². The fourth-order valence-electron chi connectivity index (χ4n) is 0.877. The first-order chi connectivity index (χ1) is 5.74.